The number of H-pyrrole nitrogens is 1. The summed E-state index contributed by atoms with van der Waals surface area (Å²) in [6.07, 6.45) is 3.19. The van der Waals surface area contributed by atoms with Crippen LogP contribution in [0.2, 0.25) is 0 Å². The van der Waals surface area contributed by atoms with Gasteiger partial charge in [0.2, 0.25) is 5.91 Å². The number of nitrogens with one attached hydrogen (secondary N) is 3. The van der Waals surface area contributed by atoms with Crippen LogP contribution >= 0.6 is 0 Å². The van der Waals surface area contributed by atoms with Gasteiger partial charge < -0.3 is 15.6 Å². The highest BCUT2D eigenvalue weighted by Gasteiger charge is 2.21. The molecule has 1 unspecified atom stereocenters. The van der Waals surface area contributed by atoms with Crippen molar-refractivity contribution < 1.29 is 9.59 Å². The van der Waals surface area contributed by atoms with E-state index in [4.69, 9.17) is 0 Å². The van der Waals surface area contributed by atoms with Crippen LogP contribution in [0.15, 0.2) is 30.5 Å². The normalized spacial score (nSPS) is 18.5. The van der Waals surface area contributed by atoms with Gasteiger partial charge in [0.25, 0.3) is 5.91 Å². The van der Waals surface area contributed by atoms with Crippen molar-refractivity contribution in [3.05, 3.63) is 36.0 Å². The molecule has 3 N–H and O–H groups in total. The number of rotatable bonds is 3. The van der Waals surface area contributed by atoms with Gasteiger partial charge in [0.05, 0.1) is 0 Å². The first-order chi connectivity index (χ1) is 9.22. The zero-order valence-electron chi connectivity index (χ0n) is 10.4. The number of hydrogen-bond acceptors (Lipinski definition) is 2. The van der Waals surface area contributed by atoms with Gasteiger partial charge in [0.15, 0.2) is 0 Å². The first-order valence-corrected chi connectivity index (χ1v) is 6.37. The zero-order valence-corrected chi connectivity index (χ0v) is 10.4. The second-order valence-electron chi connectivity index (χ2n) is 4.79. The Labute approximate surface area is 110 Å². The number of benzene rings is 1. The van der Waals surface area contributed by atoms with E-state index in [1.54, 1.807) is 6.07 Å². The zero-order chi connectivity index (χ0) is 13.2. The quantitative estimate of drug-likeness (QED) is 0.772. The third kappa shape index (κ3) is 2.45. The molecule has 98 valence electrons. The lowest BCUT2D eigenvalue weighted by Crippen LogP contribution is -2.38. The summed E-state index contributed by atoms with van der Waals surface area (Å²) in [5.74, 6) is -0.0442. The Kier molecular flexibility index (Phi) is 2.95. The molecule has 1 aromatic carbocycles. The summed E-state index contributed by atoms with van der Waals surface area (Å²) in [6, 6.07) is 7.54. The molecule has 5 heteroatoms. The molecule has 0 spiro atoms. The Hall–Kier alpha value is -2.30. The number of fused-ring (bicyclic) bond motifs is 1. The number of aromatic amines is 1. The lowest BCUT2D eigenvalue weighted by molar-refractivity contribution is -0.119. The summed E-state index contributed by atoms with van der Waals surface area (Å²) in [7, 11) is 0. The molecule has 0 aliphatic carbocycles. The van der Waals surface area contributed by atoms with Crippen molar-refractivity contribution in [3.8, 4) is 0 Å². The number of aromatic nitrogens is 1. The minimum absolute atomic E-state index is 0.0624. The predicted octanol–water partition coefficient (Wildman–Crippen LogP) is 1.18. The number of carbonyl (C=O) groups excluding carboxylic acids is 2. The van der Waals surface area contributed by atoms with Crippen molar-refractivity contribution in [2.75, 3.05) is 6.54 Å². The number of hydrogen-bond donors (Lipinski definition) is 3. The minimum atomic E-state index is -0.107. The van der Waals surface area contributed by atoms with Crippen molar-refractivity contribution >= 4 is 22.7 Å². The van der Waals surface area contributed by atoms with E-state index in [0.29, 0.717) is 18.5 Å². The smallest absolute Gasteiger partial charge is 0.251 e. The highest BCUT2D eigenvalue weighted by atomic mass is 16.2. The van der Waals surface area contributed by atoms with Crippen molar-refractivity contribution in [1.29, 1.82) is 0 Å². The van der Waals surface area contributed by atoms with Crippen molar-refractivity contribution in [1.82, 2.24) is 15.6 Å². The summed E-state index contributed by atoms with van der Waals surface area (Å²) in [5.41, 5.74) is 1.65. The summed E-state index contributed by atoms with van der Waals surface area (Å²) in [5, 5.41) is 6.70. The van der Waals surface area contributed by atoms with Gasteiger partial charge in [-0.3, -0.25) is 9.59 Å². The van der Waals surface area contributed by atoms with E-state index < -0.39 is 0 Å². The van der Waals surface area contributed by atoms with E-state index in [9.17, 15) is 9.59 Å². The summed E-state index contributed by atoms with van der Waals surface area (Å²) >= 11 is 0. The first kappa shape index (κ1) is 11.8. The Morgan fingerprint density at radius 3 is 3.05 bits per heavy atom. The van der Waals surface area contributed by atoms with Gasteiger partial charge in [0, 0.05) is 41.7 Å². The Morgan fingerprint density at radius 2 is 2.26 bits per heavy atom. The molecule has 5 nitrogen and oxygen atoms in total. The van der Waals surface area contributed by atoms with Crippen LogP contribution < -0.4 is 10.6 Å². The molecule has 1 aliphatic heterocycles. The fourth-order valence-corrected chi connectivity index (χ4v) is 2.34. The average molecular weight is 257 g/mol. The van der Waals surface area contributed by atoms with E-state index in [1.807, 2.05) is 24.4 Å². The first-order valence-electron chi connectivity index (χ1n) is 6.37. The molecule has 1 fully saturated rings. The maximum absolute atomic E-state index is 12.0. The third-order valence-electron chi connectivity index (χ3n) is 3.41. The molecule has 1 saturated heterocycles. The van der Waals surface area contributed by atoms with Gasteiger partial charge >= 0.3 is 0 Å². The molecule has 3 rings (SSSR count). The molecule has 0 bridgehead atoms. The van der Waals surface area contributed by atoms with E-state index in [2.05, 4.69) is 15.6 Å². The predicted molar refractivity (Wildman–Crippen MR) is 71.8 cm³/mol. The molecule has 1 aromatic heterocycles. The fourth-order valence-electron chi connectivity index (χ4n) is 2.34. The van der Waals surface area contributed by atoms with Crippen molar-refractivity contribution in [3.63, 3.8) is 0 Å². The molecule has 2 amide bonds. The largest absolute Gasteiger partial charge is 0.361 e. The molecule has 0 saturated carbocycles. The molecule has 2 aromatic rings. The molecule has 19 heavy (non-hydrogen) atoms. The van der Waals surface area contributed by atoms with Gasteiger partial charge in [-0.25, -0.2) is 0 Å². The lowest BCUT2D eigenvalue weighted by atomic mass is 10.1. The molecular weight excluding hydrogens is 242 g/mol. The second-order valence-corrected chi connectivity index (χ2v) is 4.79. The van der Waals surface area contributed by atoms with Crippen LogP contribution in [0.3, 0.4) is 0 Å². The van der Waals surface area contributed by atoms with Gasteiger partial charge in [-0.2, -0.15) is 0 Å². The highest BCUT2D eigenvalue weighted by Crippen LogP contribution is 2.14. The van der Waals surface area contributed by atoms with E-state index in [1.165, 1.54) is 0 Å². The summed E-state index contributed by atoms with van der Waals surface area (Å²) in [4.78, 5) is 26.2. The summed E-state index contributed by atoms with van der Waals surface area (Å²) < 4.78 is 0. The van der Waals surface area contributed by atoms with Crippen LogP contribution in [0.5, 0.6) is 0 Å². The summed E-state index contributed by atoms with van der Waals surface area (Å²) in [6.45, 7) is 0.482. The maximum atomic E-state index is 12.0. The van der Waals surface area contributed by atoms with Crippen LogP contribution in [0.1, 0.15) is 23.2 Å². The van der Waals surface area contributed by atoms with Crippen LogP contribution in [-0.2, 0) is 4.79 Å². The minimum Gasteiger partial charge on any atom is -0.361 e. The van der Waals surface area contributed by atoms with Gasteiger partial charge in [-0.1, -0.05) is 0 Å². The van der Waals surface area contributed by atoms with Crippen LogP contribution in [0.4, 0.5) is 0 Å². The molecule has 2 heterocycles. The Balaban J connectivity index is 1.64. The topological polar surface area (TPSA) is 74.0 Å². The average Bonchev–Trinajstić information content (AvgIpc) is 3.03. The second kappa shape index (κ2) is 4.76. The molecular formula is C14H15N3O2. The lowest BCUT2D eigenvalue weighted by Gasteiger charge is -2.11. The van der Waals surface area contributed by atoms with Crippen LogP contribution in [-0.4, -0.2) is 29.4 Å². The molecule has 1 aliphatic rings. The Bertz CT molecular complexity index is 632. The SMILES string of the molecule is O=C1CCC(CNC(=O)c2ccc3[nH]ccc3c2)N1. The number of carbonyl (C=O) groups is 2. The molecule has 0 radical (unpaired) electrons. The maximum Gasteiger partial charge on any atom is 0.251 e. The van der Waals surface area contributed by atoms with Gasteiger partial charge in [-0.15, -0.1) is 0 Å². The van der Waals surface area contributed by atoms with Crippen LogP contribution in [0.25, 0.3) is 10.9 Å². The Morgan fingerprint density at radius 1 is 1.37 bits per heavy atom. The van der Waals surface area contributed by atoms with Crippen molar-refractivity contribution in [2.24, 2.45) is 0 Å². The van der Waals surface area contributed by atoms with E-state index in [-0.39, 0.29) is 17.9 Å². The highest BCUT2D eigenvalue weighted by molar-refractivity contribution is 5.98. The van der Waals surface area contributed by atoms with E-state index >= 15 is 0 Å². The van der Waals surface area contributed by atoms with Crippen molar-refractivity contribution in [2.45, 2.75) is 18.9 Å². The fraction of sp³-hybridized carbons (Fsp3) is 0.286. The van der Waals surface area contributed by atoms with E-state index in [0.717, 1.165) is 17.3 Å². The van der Waals surface area contributed by atoms with Gasteiger partial charge in [-0.05, 0) is 30.7 Å². The standard InChI is InChI=1S/C14H15N3O2/c18-13-4-2-11(17-13)8-16-14(19)10-1-3-12-9(7-10)5-6-15-12/h1,3,5-7,11,15H,2,4,8H2,(H,16,19)(H,17,18). The number of amides is 2. The molecule has 1 atom stereocenters. The van der Waals surface area contributed by atoms with Gasteiger partial charge in [0.1, 0.15) is 0 Å². The third-order valence-corrected chi connectivity index (χ3v) is 3.41. The monoisotopic (exact) mass is 257 g/mol. The van der Waals surface area contributed by atoms with Crippen LogP contribution in [0, 0.1) is 0 Å².